The van der Waals surface area contributed by atoms with Gasteiger partial charge in [0, 0.05) is 18.3 Å². The van der Waals surface area contributed by atoms with Crippen molar-refractivity contribution in [2.75, 3.05) is 13.2 Å². The molecule has 2 aromatic rings. The number of aromatic nitrogens is 1. The normalized spacial score (nSPS) is 14.8. The summed E-state index contributed by atoms with van der Waals surface area (Å²) in [5.41, 5.74) is 6.99. The molecule has 0 bridgehead atoms. The number of benzene rings is 1. The van der Waals surface area contributed by atoms with Crippen molar-refractivity contribution in [3.8, 4) is 11.6 Å². The number of nitrogens with two attached hydrogens (primary N) is 1. The van der Waals surface area contributed by atoms with Crippen LogP contribution in [0.3, 0.4) is 0 Å². The van der Waals surface area contributed by atoms with E-state index in [-0.39, 0.29) is 24.0 Å². The highest BCUT2D eigenvalue weighted by atomic mass is 127. The minimum Gasteiger partial charge on any atom is -0.490 e. The molecule has 1 heterocycles. The zero-order valence-electron chi connectivity index (χ0n) is 16.0. The van der Waals surface area contributed by atoms with E-state index in [1.165, 1.54) is 32.1 Å². The van der Waals surface area contributed by atoms with Crippen molar-refractivity contribution in [2.24, 2.45) is 10.7 Å². The van der Waals surface area contributed by atoms with E-state index in [9.17, 15) is 0 Å². The van der Waals surface area contributed by atoms with Crippen molar-refractivity contribution in [3.63, 3.8) is 0 Å². The van der Waals surface area contributed by atoms with Crippen LogP contribution < -0.4 is 20.5 Å². The van der Waals surface area contributed by atoms with Crippen LogP contribution in [0.15, 0.2) is 53.7 Å². The van der Waals surface area contributed by atoms with E-state index in [2.05, 4.69) is 15.3 Å². The summed E-state index contributed by atoms with van der Waals surface area (Å²) in [6.07, 6.45) is 7.99. The Morgan fingerprint density at radius 2 is 1.79 bits per heavy atom. The van der Waals surface area contributed by atoms with Gasteiger partial charge in [0.2, 0.25) is 5.88 Å². The Morgan fingerprint density at radius 1 is 1.04 bits per heavy atom. The third kappa shape index (κ3) is 7.92. The fraction of sp³-hybridized carbons (Fsp3) is 0.429. The molecule has 1 aliphatic carbocycles. The summed E-state index contributed by atoms with van der Waals surface area (Å²) >= 11 is 0. The van der Waals surface area contributed by atoms with Crippen LogP contribution in [0.2, 0.25) is 0 Å². The van der Waals surface area contributed by atoms with Crippen molar-refractivity contribution in [1.82, 2.24) is 10.3 Å². The number of nitrogens with zero attached hydrogens (tertiary/aromatic N) is 2. The maximum Gasteiger partial charge on any atom is 0.213 e. The molecule has 0 radical (unpaired) electrons. The van der Waals surface area contributed by atoms with E-state index in [0.717, 1.165) is 11.3 Å². The number of hydrogen-bond acceptors (Lipinski definition) is 4. The number of hydrogen-bond donors (Lipinski definition) is 2. The number of halogens is 1. The van der Waals surface area contributed by atoms with Crippen LogP contribution in [0.5, 0.6) is 11.6 Å². The van der Waals surface area contributed by atoms with Crippen molar-refractivity contribution >= 4 is 29.9 Å². The minimum absolute atomic E-state index is 0. The molecule has 0 atom stereocenters. The third-order valence-electron chi connectivity index (χ3n) is 4.53. The predicted molar refractivity (Wildman–Crippen MR) is 122 cm³/mol. The molecule has 0 amide bonds. The molecule has 1 aliphatic rings. The topological polar surface area (TPSA) is 81.8 Å². The maximum atomic E-state index is 5.99. The first-order chi connectivity index (χ1) is 13.3. The number of para-hydroxylation sites is 1. The van der Waals surface area contributed by atoms with Crippen LogP contribution in [0.1, 0.15) is 37.7 Å². The Hall–Kier alpha value is -2.03. The second-order valence-corrected chi connectivity index (χ2v) is 6.70. The standard InChI is InChI=1S/C21H28N4O2.HI/c22-21(25-18-7-3-1-4-8-18)24-16-17-11-12-20(23-15-17)27-14-13-26-19-9-5-2-6-10-19;/h2,5-6,9-12,15,18H,1,3-4,7-8,13-14,16H2,(H3,22,24,25);1H. The Kier molecular flexibility index (Phi) is 9.88. The lowest BCUT2D eigenvalue weighted by Crippen LogP contribution is -2.41. The summed E-state index contributed by atoms with van der Waals surface area (Å²) < 4.78 is 11.2. The molecule has 1 aromatic carbocycles. The first-order valence-corrected chi connectivity index (χ1v) is 9.61. The zero-order chi connectivity index (χ0) is 18.7. The van der Waals surface area contributed by atoms with Gasteiger partial charge in [0.15, 0.2) is 5.96 Å². The molecule has 152 valence electrons. The van der Waals surface area contributed by atoms with Crippen molar-refractivity contribution in [2.45, 2.75) is 44.7 Å². The van der Waals surface area contributed by atoms with E-state index in [0.29, 0.717) is 37.6 Å². The van der Waals surface area contributed by atoms with Gasteiger partial charge in [-0.2, -0.15) is 0 Å². The summed E-state index contributed by atoms with van der Waals surface area (Å²) in [6.45, 7) is 1.43. The average molecular weight is 496 g/mol. The minimum atomic E-state index is 0. The van der Waals surface area contributed by atoms with Gasteiger partial charge in [0.25, 0.3) is 0 Å². The first kappa shape index (κ1) is 22.3. The molecule has 3 N–H and O–H groups in total. The SMILES string of the molecule is I.NC(=NCc1ccc(OCCOc2ccccc2)nc1)NC1CCCCC1. The lowest BCUT2D eigenvalue weighted by molar-refractivity contribution is 0.212. The van der Waals surface area contributed by atoms with E-state index in [4.69, 9.17) is 15.2 Å². The molecule has 0 unspecified atom stereocenters. The Morgan fingerprint density at radius 3 is 2.50 bits per heavy atom. The van der Waals surface area contributed by atoms with Gasteiger partial charge in [-0.25, -0.2) is 9.98 Å². The lowest BCUT2D eigenvalue weighted by atomic mass is 9.96. The third-order valence-corrected chi connectivity index (χ3v) is 4.53. The summed E-state index contributed by atoms with van der Waals surface area (Å²) in [4.78, 5) is 8.72. The van der Waals surface area contributed by atoms with Gasteiger partial charge < -0.3 is 20.5 Å². The fourth-order valence-corrected chi connectivity index (χ4v) is 3.09. The molecule has 0 saturated heterocycles. The predicted octanol–water partition coefficient (Wildman–Crippen LogP) is 3.89. The summed E-state index contributed by atoms with van der Waals surface area (Å²) in [5, 5.41) is 3.32. The van der Waals surface area contributed by atoms with Gasteiger partial charge in [0.05, 0.1) is 6.54 Å². The number of aliphatic imine (C=N–C) groups is 1. The molecule has 0 spiro atoms. The largest absolute Gasteiger partial charge is 0.490 e. The average Bonchev–Trinajstić information content (AvgIpc) is 2.72. The van der Waals surface area contributed by atoms with E-state index in [1.54, 1.807) is 6.20 Å². The molecule has 1 aromatic heterocycles. The molecule has 6 nitrogen and oxygen atoms in total. The van der Waals surface area contributed by atoms with E-state index in [1.807, 2.05) is 42.5 Å². The monoisotopic (exact) mass is 496 g/mol. The van der Waals surface area contributed by atoms with Crippen molar-refractivity contribution in [3.05, 3.63) is 54.2 Å². The molecular weight excluding hydrogens is 467 g/mol. The van der Waals surface area contributed by atoms with Gasteiger partial charge in [-0.15, -0.1) is 24.0 Å². The molecule has 7 heteroatoms. The Labute approximate surface area is 184 Å². The molecule has 1 saturated carbocycles. The van der Waals surface area contributed by atoms with Crippen molar-refractivity contribution < 1.29 is 9.47 Å². The Bertz CT molecular complexity index is 704. The van der Waals surface area contributed by atoms with Crippen LogP contribution in [-0.2, 0) is 6.54 Å². The van der Waals surface area contributed by atoms with Gasteiger partial charge in [0.1, 0.15) is 19.0 Å². The summed E-state index contributed by atoms with van der Waals surface area (Å²) in [7, 11) is 0. The van der Waals surface area contributed by atoms with Crippen LogP contribution in [-0.4, -0.2) is 30.2 Å². The van der Waals surface area contributed by atoms with E-state index >= 15 is 0 Å². The number of nitrogens with one attached hydrogen (secondary N) is 1. The van der Waals surface area contributed by atoms with Crippen molar-refractivity contribution in [1.29, 1.82) is 0 Å². The highest BCUT2D eigenvalue weighted by Crippen LogP contribution is 2.17. The molecular formula is C21H29IN4O2. The second-order valence-electron chi connectivity index (χ2n) is 6.70. The van der Waals surface area contributed by atoms with Gasteiger partial charge >= 0.3 is 0 Å². The first-order valence-electron chi connectivity index (χ1n) is 9.61. The quantitative estimate of drug-likeness (QED) is 0.251. The maximum absolute atomic E-state index is 5.99. The number of pyridine rings is 1. The number of guanidine groups is 1. The van der Waals surface area contributed by atoms with E-state index < -0.39 is 0 Å². The van der Waals surface area contributed by atoms with Crippen LogP contribution in [0.4, 0.5) is 0 Å². The number of rotatable bonds is 8. The van der Waals surface area contributed by atoms with Gasteiger partial charge in [-0.3, -0.25) is 0 Å². The number of ether oxygens (including phenoxy) is 2. The molecule has 3 rings (SSSR count). The van der Waals surface area contributed by atoms with Gasteiger partial charge in [-0.05, 0) is 30.5 Å². The molecule has 28 heavy (non-hydrogen) atoms. The highest BCUT2D eigenvalue weighted by Gasteiger charge is 2.13. The highest BCUT2D eigenvalue weighted by molar-refractivity contribution is 14.0. The van der Waals surface area contributed by atoms with Crippen LogP contribution in [0.25, 0.3) is 0 Å². The summed E-state index contributed by atoms with van der Waals surface area (Å²) in [6, 6.07) is 13.9. The Balaban J connectivity index is 0.00000280. The lowest BCUT2D eigenvalue weighted by Gasteiger charge is -2.23. The smallest absolute Gasteiger partial charge is 0.213 e. The summed E-state index contributed by atoms with van der Waals surface area (Å²) in [5.74, 6) is 1.93. The zero-order valence-corrected chi connectivity index (χ0v) is 18.4. The molecule has 0 aliphatic heterocycles. The van der Waals surface area contributed by atoms with Gasteiger partial charge in [-0.1, -0.05) is 43.5 Å². The second kappa shape index (κ2) is 12.4. The van der Waals surface area contributed by atoms with Crippen LogP contribution in [0, 0.1) is 0 Å². The van der Waals surface area contributed by atoms with Crippen LogP contribution >= 0.6 is 24.0 Å². The fourth-order valence-electron chi connectivity index (χ4n) is 3.09. The molecule has 1 fully saturated rings.